The van der Waals surface area contributed by atoms with Gasteiger partial charge < -0.3 is 21.1 Å². The van der Waals surface area contributed by atoms with E-state index in [1.54, 1.807) is 16.9 Å². The number of aromatic nitrogens is 6. The summed E-state index contributed by atoms with van der Waals surface area (Å²) in [4.78, 5) is 47.3. The predicted octanol–water partition coefficient (Wildman–Crippen LogP) is 2.91. The van der Waals surface area contributed by atoms with E-state index in [2.05, 4.69) is 25.5 Å². The van der Waals surface area contributed by atoms with Crippen LogP contribution >= 0.6 is 0 Å². The SMILES string of the molecule is [2H]C1(NC(=O)OC)CC[C@@H](n2c(=O)n(C([2H])([2H])[2H])c3cnc(Nc4cc(C5CC5)c5cnn(C6(C(N)=O)CCC6)c5n4)cc32)C1. The maximum Gasteiger partial charge on any atom is 0.407 e. The molecular formula is C28H33N9O4. The van der Waals surface area contributed by atoms with Gasteiger partial charge in [0.15, 0.2) is 5.65 Å². The fourth-order valence-electron chi connectivity index (χ4n) is 6.24. The van der Waals surface area contributed by atoms with E-state index in [-0.39, 0.29) is 18.4 Å². The number of ether oxygens (including phenoxy) is 1. The number of primary amides is 1. The van der Waals surface area contributed by atoms with E-state index in [9.17, 15) is 14.4 Å². The molecule has 0 radical (unpaired) electrons. The van der Waals surface area contributed by atoms with Crippen molar-refractivity contribution in [1.82, 2.24) is 34.2 Å². The zero-order chi connectivity index (χ0) is 31.9. The minimum Gasteiger partial charge on any atom is -0.453 e. The molecule has 13 nitrogen and oxygen atoms in total. The monoisotopic (exact) mass is 563 g/mol. The molecule has 0 bridgehead atoms. The molecule has 214 valence electrons. The fraction of sp³-hybridized carbons (Fsp3) is 0.500. The summed E-state index contributed by atoms with van der Waals surface area (Å²) >= 11 is 0. The van der Waals surface area contributed by atoms with Crippen LogP contribution in [-0.4, -0.2) is 54.0 Å². The average Bonchev–Trinajstić information content (AvgIpc) is 3.50. The number of nitrogens with zero attached hydrogens (tertiary/aromatic N) is 6. The number of carbonyl (C=O) groups excluding carboxylic acids is 2. The number of rotatable bonds is 7. The Bertz CT molecular complexity index is 1920. The number of alkyl carbamates (subject to hydrolysis) is 1. The highest BCUT2D eigenvalue weighted by Crippen LogP contribution is 2.46. The number of nitrogens with two attached hydrogens (primary N) is 1. The molecule has 4 heterocycles. The molecular weight excluding hydrogens is 526 g/mol. The van der Waals surface area contributed by atoms with E-state index in [0.717, 1.165) is 34.8 Å². The lowest BCUT2D eigenvalue weighted by Crippen LogP contribution is -2.52. The molecule has 3 aliphatic rings. The lowest BCUT2D eigenvalue weighted by Gasteiger charge is -2.38. The maximum atomic E-state index is 13.6. The lowest BCUT2D eigenvalue weighted by molar-refractivity contribution is -0.131. The summed E-state index contributed by atoms with van der Waals surface area (Å²) in [5.41, 5.74) is 6.18. The molecule has 0 aromatic carbocycles. The van der Waals surface area contributed by atoms with Crippen LogP contribution in [-0.2, 0) is 22.0 Å². The van der Waals surface area contributed by atoms with Crippen LogP contribution in [0.4, 0.5) is 16.4 Å². The molecule has 13 heteroatoms. The Balaban J connectivity index is 1.30. The van der Waals surface area contributed by atoms with Gasteiger partial charge in [-0.1, -0.05) is 0 Å². The summed E-state index contributed by atoms with van der Waals surface area (Å²) in [6.07, 6.45) is 7.06. The molecule has 3 aliphatic carbocycles. The van der Waals surface area contributed by atoms with Gasteiger partial charge in [0.05, 0.1) is 31.9 Å². The van der Waals surface area contributed by atoms with Gasteiger partial charge in [0, 0.05) is 34.6 Å². The first-order chi connectivity index (χ1) is 21.3. The quantitative estimate of drug-likeness (QED) is 0.309. The average molecular weight is 564 g/mol. The summed E-state index contributed by atoms with van der Waals surface area (Å²) < 4.78 is 41.2. The van der Waals surface area contributed by atoms with Crippen molar-refractivity contribution in [1.29, 1.82) is 0 Å². The number of hydrogen-bond donors (Lipinski definition) is 3. The van der Waals surface area contributed by atoms with Crippen LogP contribution in [0.25, 0.3) is 22.1 Å². The standard InChI is InChI=1S/C28H33N9O4/c1-35-21-14-30-22(12-20(21)36(27(35)40)17-7-6-16(10-17)32-26(39)41-2)33-23-11-18(15-4-5-15)19-13-31-37(24(19)34-23)28(25(29)38)8-3-9-28/h11-17H,3-10H2,1-2H3,(H2,29,38)(H,32,39)(H,30,33,34)/t16?,17-/m1/s1/i1D3,16D. The Hall–Kier alpha value is -4.42. The Morgan fingerprint density at radius 3 is 2.68 bits per heavy atom. The molecule has 4 aromatic rings. The number of nitrogens with one attached hydrogen (secondary N) is 2. The van der Waals surface area contributed by atoms with E-state index >= 15 is 0 Å². The van der Waals surface area contributed by atoms with Crippen LogP contribution in [0.15, 0.2) is 29.3 Å². The topological polar surface area (TPSA) is 164 Å². The van der Waals surface area contributed by atoms with Gasteiger partial charge in [-0.15, -0.1) is 0 Å². The summed E-state index contributed by atoms with van der Waals surface area (Å²) in [7, 11) is 1.21. The minimum atomic E-state index is -2.78. The molecule has 7 rings (SSSR count). The van der Waals surface area contributed by atoms with Crippen molar-refractivity contribution in [2.45, 2.75) is 74.9 Å². The summed E-state index contributed by atoms with van der Waals surface area (Å²) in [5.74, 6) is 0.657. The zero-order valence-electron chi connectivity index (χ0n) is 26.5. The van der Waals surface area contributed by atoms with Crippen LogP contribution in [0.1, 0.15) is 74.4 Å². The third-order valence-corrected chi connectivity index (χ3v) is 8.74. The predicted molar refractivity (Wildman–Crippen MR) is 151 cm³/mol. The Labute approximate surface area is 240 Å². The van der Waals surface area contributed by atoms with Crippen LogP contribution in [0.2, 0.25) is 0 Å². The highest BCUT2D eigenvalue weighted by Gasteiger charge is 2.47. The van der Waals surface area contributed by atoms with Crippen LogP contribution in [0, 0.1) is 0 Å². The van der Waals surface area contributed by atoms with Crippen LogP contribution in [0.3, 0.4) is 0 Å². The van der Waals surface area contributed by atoms with Crippen molar-refractivity contribution < 1.29 is 19.8 Å². The summed E-state index contributed by atoms with van der Waals surface area (Å²) in [6, 6.07) is 1.57. The lowest BCUT2D eigenvalue weighted by atomic mass is 9.76. The van der Waals surface area contributed by atoms with Gasteiger partial charge >= 0.3 is 11.8 Å². The Morgan fingerprint density at radius 1 is 1.17 bits per heavy atom. The van der Waals surface area contributed by atoms with Crippen LogP contribution < -0.4 is 22.1 Å². The zero-order valence-corrected chi connectivity index (χ0v) is 22.5. The second-order valence-corrected chi connectivity index (χ2v) is 11.2. The van der Waals surface area contributed by atoms with Gasteiger partial charge in [-0.3, -0.25) is 13.9 Å². The molecule has 4 aromatic heterocycles. The van der Waals surface area contributed by atoms with Crippen LogP contribution in [0.5, 0.6) is 0 Å². The van der Waals surface area contributed by atoms with E-state index in [1.165, 1.54) is 17.9 Å². The van der Waals surface area contributed by atoms with Crippen molar-refractivity contribution in [2.75, 3.05) is 12.4 Å². The second kappa shape index (κ2) is 9.32. The van der Waals surface area contributed by atoms with Crippen molar-refractivity contribution in [3.63, 3.8) is 0 Å². The third kappa shape index (κ3) is 4.05. The molecule has 3 fully saturated rings. The maximum absolute atomic E-state index is 13.6. The number of aryl methyl sites for hydroxylation is 1. The highest BCUT2D eigenvalue weighted by molar-refractivity contribution is 5.88. The van der Waals surface area contributed by atoms with Gasteiger partial charge in [0.25, 0.3) is 0 Å². The van der Waals surface area contributed by atoms with Gasteiger partial charge in [-0.25, -0.2) is 24.2 Å². The van der Waals surface area contributed by atoms with Gasteiger partial charge in [0.2, 0.25) is 5.91 Å². The van der Waals surface area contributed by atoms with E-state index in [4.69, 9.17) is 16.2 Å². The fourth-order valence-corrected chi connectivity index (χ4v) is 6.24. The first-order valence-corrected chi connectivity index (χ1v) is 13.8. The van der Waals surface area contributed by atoms with Gasteiger partial charge in [-0.2, -0.15) is 5.10 Å². The van der Waals surface area contributed by atoms with Gasteiger partial charge in [0.1, 0.15) is 17.2 Å². The Morgan fingerprint density at radius 2 is 2.00 bits per heavy atom. The molecule has 2 atom stereocenters. The summed E-state index contributed by atoms with van der Waals surface area (Å²) in [6.45, 7) is -2.78. The number of imidazole rings is 1. The number of anilines is 2. The second-order valence-electron chi connectivity index (χ2n) is 11.2. The largest absolute Gasteiger partial charge is 0.453 e. The number of carbonyl (C=O) groups is 2. The molecule has 2 amide bonds. The normalized spacial score (nSPS) is 25.1. The molecule has 1 unspecified atom stereocenters. The summed E-state index contributed by atoms with van der Waals surface area (Å²) in [5, 5.41) is 11.2. The number of pyridine rings is 2. The molecule has 0 saturated heterocycles. The first kappa shape index (κ1) is 21.3. The molecule has 3 saturated carbocycles. The van der Waals surface area contributed by atoms with E-state index in [0.29, 0.717) is 48.0 Å². The molecule has 0 spiro atoms. The minimum absolute atomic E-state index is 0.0712. The number of hydrogen-bond acceptors (Lipinski definition) is 8. The van der Waals surface area contributed by atoms with E-state index < -0.39 is 42.3 Å². The van der Waals surface area contributed by atoms with Crippen molar-refractivity contribution in [3.8, 4) is 0 Å². The third-order valence-electron chi connectivity index (χ3n) is 8.74. The van der Waals surface area contributed by atoms with Gasteiger partial charge in [-0.05, 0) is 68.9 Å². The van der Waals surface area contributed by atoms with Crippen molar-refractivity contribution in [3.05, 3.63) is 40.6 Å². The number of amides is 2. The Kier molecular flexibility index (Phi) is 4.85. The number of methoxy groups -OCH3 is 1. The highest BCUT2D eigenvalue weighted by atomic mass is 16.5. The molecule has 4 N–H and O–H groups in total. The molecule has 41 heavy (non-hydrogen) atoms. The number of fused-ring (bicyclic) bond motifs is 2. The van der Waals surface area contributed by atoms with Crippen molar-refractivity contribution >= 4 is 45.7 Å². The van der Waals surface area contributed by atoms with E-state index in [1.807, 2.05) is 6.07 Å². The smallest absolute Gasteiger partial charge is 0.407 e. The van der Waals surface area contributed by atoms with Crippen molar-refractivity contribution in [2.24, 2.45) is 12.7 Å². The molecule has 0 aliphatic heterocycles. The first-order valence-electron chi connectivity index (χ1n) is 15.8.